The van der Waals surface area contributed by atoms with Gasteiger partial charge in [-0.1, -0.05) is 36.4 Å². The highest BCUT2D eigenvalue weighted by molar-refractivity contribution is 7.15. The minimum atomic E-state index is -0.0791. The Kier molecular flexibility index (Phi) is 5.81. The summed E-state index contributed by atoms with van der Waals surface area (Å²) in [5.74, 6) is 1.66. The number of amides is 1. The van der Waals surface area contributed by atoms with Crippen LogP contribution in [0.3, 0.4) is 0 Å². The van der Waals surface area contributed by atoms with Crippen molar-refractivity contribution in [1.29, 1.82) is 0 Å². The summed E-state index contributed by atoms with van der Waals surface area (Å²) in [4.78, 5) is 20.5. The molecule has 1 aliphatic heterocycles. The van der Waals surface area contributed by atoms with Crippen molar-refractivity contribution in [3.8, 4) is 22.1 Å². The van der Waals surface area contributed by atoms with E-state index in [-0.39, 0.29) is 11.9 Å². The van der Waals surface area contributed by atoms with Gasteiger partial charge in [0.2, 0.25) is 5.91 Å². The van der Waals surface area contributed by atoms with Gasteiger partial charge in [0.15, 0.2) is 0 Å². The minimum Gasteiger partial charge on any atom is -0.496 e. The highest BCUT2D eigenvalue weighted by Gasteiger charge is 2.33. The van der Waals surface area contributed by atoms with Gasteiger partial charge < -0.3 is 14.4 Å². The number of benzene rings is 2. The fraction of sp³-hybridized carbons (Fsp3) is 0.304. The van der Waals surface area contributed by atoms with Gasteiger partial charge >= 0.3 is 0 Å². The monoisotopic (exact) mass is 408 g/mol. The second-order valence-corrected chi connectivity index (χ2v) is 8.12. The van der Waals surface area contributed by atoms with Crippen LogP contribution in [0.1, 0.15) is 35.7 Å². The number of piperidine rings is 1. The molecule has 4 rings (SSSR count). The van der Waals surface area contributed by atoms with Crippen molar-refractivity contribution in [2.45, 2.75) is 31.8 Å². The quantitative estimate of drug-likeness (QED) is 0.571. The number of rotatable bonds is 6. The smallest absolute Gasteiger partial charge is 0.223 e. The third kappa shape index (κ3) is 3.98. The maximum atomic E-state index is 12.9. The molecule has 5 nitrogen and oxygen atoms in total. The van der Waals surface area contributed by atoms with Crippen LogP contribution in [0.5, 0.6) is 11.5 Å². The predicted octanol–water partition coefficient (Wildman–Crippen LogP) is 5.08. The van der Waals surface area contributed by atoms with Gasteiger partial charge in [-0.2, -0.15) is 0 Å². The Balaban J connectivity index is 1.65. The standard InChI is InChI=1S/C23H24N2O3S/c1-27-19-11-7-12-20(28-2)22(19)18-10-6-13-21(26)25(18)15-17-14-24-23(29-17)16-8-4-3-5-9-16/h3-5,7-9,11-12,14,18H,6,10,13,15H2,1-2H3. The number of methoxy groups -OCH3 is 2. The fourth-order valence-corrected chi connectivity index (χ4v) is 4.81. The molecule has 1 fully saturated rings. The van der Waals surface area contributed by atoms with Crippen molar-refractivity contribution in [3.63, 3.8) is 0 Å². The van der Waals surface area contributed by atoms with E-state index in [0.717, 1.165) is 45.4 Å². The maximum Gasteiger partial charge on any atom is 0.223 e. The first-order chi connectivity index (χ1) is 14.2. The number of aromatic nitrogens is 1. The van der Waals surface area contributed by atoms with Gasteiger partial charge in [0.05, 0.1) is 32.4 Å². The molecule has 1 aromatic heterocycles. The average molecular weight is 409 g/mol. The number of likely N-dealkylation sites (tertiary alicyclic amines) is 1. The molecule has 2 heterocycles. The van der Waals surface area contributed by atoms with Gasteiger partial charge in [-0.05, 0) is 25.0 Å². The first kappa shape index (κ1) is 19.5. The SMILES string of the molecule is COc1cccc(OC)c1C1CCCC(=O)N1Cc1cnc(-c2ccccc2)s1. The number of ether oxygens (including phenoxy) is 2. The molecule has 0 bridgehead atoms. The van der Waals surface area contributed by atoms with Crippen LogP contribution in [0.4, 0.5) is 0 Å². The number of hydrogen-bond acceptors (Lipinski definition) is 5. The van der Waals surface area contributed by atoms with E-state index in [0.29, 0.717) is 13.0 Å². The third-order valence-electron chi connectivity index (χ3n) is 5.26. The summed E-state index contributed by atoms with van der Waals surface area (Å²) in [6, 6.07) is 15.8. The van der Waals surface area contributed by atoms with Crippen molar-refractivity contribution in [2.24, 2.45) is 0 Å². The Hall–Kier alpha value is -2.86. The summed E-state index contributed by atoms with van der Waals surface area (Å²) >= 11 is 1.63. The lowest BCUT2D eigenvalue weighted by Gasteiger charge is -2.36. The lowest BCUT2D eigenvalue weighted by molar-refractivity contribution is -0.137. The van der Waals surface area contributed by atoms with Gasteiger partial charge in [0, 0.05) is 23.1 Å². The van der Waals surface area contributed by atoms with Crippen LogP contribution in [0, 0.1) is 0 Å². The van der Waals surface area contributed by atoms with Crippen molar-refractivity contribution in [2.75, 3.05) is 14.2 Å². The molecule has 1 atom stereocenters. The second kappa shape index (κ2) is 8.66. The molecule has 1 aliphatic rings. The Bertz CT molecular complexity index is 965. The summed E-state index contributed by atoms with van der Waals surface area (Å²) in [6.07, 6.45) is 4.19. The lowest BCUT2D eigenvalue weighted by Crippen LogP contribution is -2.37. The second-order valence-electron chi connectivity index (χ2n) is 7.00. The van der Waals surface area contributed by atoms with Crippen LogP contribution < -0.4 is 9.47 Å². The van der Waals surface area contributed by atoms with E-state index in [1.54, 1.807) is 25.6 Å². The Labute approximate surface area is 174 Å². The molecule has 2 aromatic carbocycles. The third-order valence-corrected chi connectivity index (χ3v) is 6.30. The predicted molar refractivity (Wildman–Crippen MR) is 114 cm³/mol. The van der Waals surface area contributed by atoms with E-state index in [1.165, 1.54) is 0 Å². The van der Waals surface area contributed by atoms with E-state index in [1.807, 2.05) is 47.5 Å². The summed E-state index contributed by atoms with van der Waals surface area (Å²) in [5, 5.41) is 0.969. The van der Waals surface area contributed by atoms with Crippen LogP contribution in [-0.2, 0) is 11.3 Å². The Morgan fingerprint density at radius 1 is 1.07 bits per heavy atom. The number of carbonyl (C=O) groups is 1. The molecule has 1 saturated heterocycles. The largest absolute Gasteiger partial charge is 0.496 e. The summed E-state index contributed by atoms with van der Waals surface area (Å²) in [5.41, 5.74) is 2.04. The topological polar surface area (TPSA) is 51.7 Å². The number of hydrogen-bond donors (Lipinski definition) is 0. The molecule has 0 N–H and O–H groups in total. The van der Waals surface area contributed by atoms with Gasteiger partial charge in [0.25, 0.3) is 0 Å². The van der Waals surface area contributed by atoms with Gasteiger partial charge in [-0.25, -0.2) is 4.98 Å². The van der Waals surface area contributed by atoms with E-state index < -0.39 is 0 Å². The van der Waals surface area contributed by atoms with Crippen LogP contribution in [0.15, 0.2) is 54.7 Å². The summed E-state index contributed by atoms with van der Waals surface area (Å²) < 4.78 is 11.2. The first-order valence-electron chi connectivity index (χ1n) is 9.71. The molecule has 0 saturated carbocycles. The average Bonchev–Trinajstić information content (AvgIpc) is 3.24. The maximum absolute atomic E-state index is 12.9. The van der Waals surface area contributed by atoms with Gasteiger partial charge in [-0.3, -0.25) is 4.79 Å². The molecule has 150 valence electrons. The molecule has 1 unspecified atom stereocenters. The van der Waals surface area contributed by atoms with Crippen LogP contribution in [-0.4, -0.2) is 30.0 Å². The normalized spacial score (nSPS) is 16.7. The van der Waals surface area contributed by atoms with E-state index >= 15 is 0 Å². The van der Waals surface area contributed by atoms with E-state index in [2.05, 4.69) is 17.1 Å². The van der Waals surface area contributed by atoms with Crippen molar-refractivity contribution < 1.29 is 14.3 Å². The summed E-state index contributed by atoms with van der Waals surface area (Å²) in [6.45, 7) is 0.537. The highest BCUT2D eigenvalue weighted by Crippen LogP contribution is 2.43. The van der Waals surface area contributed by atoms with Crippen molar-refractivity contribution in [3.05, 3.63) is 65.2 Å². The lowest BCUT2D eigenvalue weighted by atomic mass is 9.93. The molecule has 0 radical (unpaired) electrons. The van der Waals surface area contributed by atoms with E-state index in [4.69, 9.17) is 9.47 Å². The Morgan fingerprint density at radius 2 is 1.79 bits per heavy atom. The molecular weight excluding hydrogens is 384 g/mol. The van der Waals surface area contributed by atoms with Crippen LogP contribution in [0.25, 0.3) is 10.6 Å². The highest BCUT2D eigenvalue weighted by atomic mass is 32.1. The number of thiazole rings is 1. The zero-order valence-corrected chi connectivity index (χ0v) is 17.4. The Morgan fingerprint density at radius 3 is 2.48 bits per heavy atom. The number of nitrogens with zero attached hydrogens (tertiary/aromatic N) is 2. The molecular formula is C23H24N2O3S. The fourth-order valence-electron chi connectivity index (χ4n) is 3.89. The molecule has 3 aromatic rings. The van der Waals surface area contributed by atoms with Crippen LogP contribution in [0.2, 0.25) is 0 Å². The summed E-state index contributed by atoms with van der Waals surface area (Å²) in [7, 11) is 3.31. The molecule has 1 amide bonds. The van der Waals surface area contributed by atoms with E-state index in [9.17, 15) is 4.79 Å². The molecule has 29 heavy (non-hydrogen) atoms. The van der Waals surface area contributed by atoms with Crippen molar-refractivity contribution in [1.82, 2.24) is 9.88 Å². The van der Waals surface area contributed by atoms with Crippen molar-refractivity contribution >= 4 is 17.2 Å². The van der Waals surface area contributed by atoms with Gasteiger partial charge in [-0.15, -0.1) is 11.3 Å². The zero-order chi connectivity index (χ0) is 20.2. The minimum absolute atomic E-state index is 0.0791. The molecule has 6 heteroatoms. The zero-order valence-electron chi connectivity index (χ0n) is 16.6. The molecule has 0 spiro atoms. The van der Waals surface area contributed by atoms with Crippen LogP contribution >= 0.6 is 11.3 Å². The van der Waals surface area contributed by atoms with Gasteiger partial charge in [0.1, 0.15) is 16.5 Å². The number of carbonyl (C=O) groups excluding carboxylic acids is 1. The first-order valence-corrected chi connectivity index (χ1v) is 10.5. The molecule has 0 aliphatic carbocycles.